The summed E-state index contributed by atoms with van der Waals surface area (Å²) in [6.45, 7) is 7.12. The Hall–Kier alpha value is -1.40. The van der Waals surface area contributed by atoms with Crippen molar-refractivity contribution < 1.29 is 4.79 Å². The zero-order chi connectivity index (χ0) is 17.0. The van der Waals surface area contributed by atoms with Gasteiger partial charge in [0.25, 0.3) is 0 Å². The van der Waals surface area contributed by atoms with Gasteiger partial charge in [-0.2, -0.15) is 0 Å². The van der Waals surface area contributed by atoms with Crippen LogP contribution in [0.2, 0.25) is 0 Å². The summed E-state index contributed by atoms with van der Waals surface area (Å²) < 4.78 is 2.25. The van der Waals surface area contributed by atoms with Crippen LogP contribution in [0.4, 0.5) is 0 Å². The SMILES string of the molecule is CN(C)CCCn1ccnc1[C@@H]1CCCN(C(=O)C(C)(C)N)C1. The van der Waals surface area contributed by atoms with E-state index in [0.29, 0.717) is 5.92 Å². The summed E-state index contributed by atoms with van der Waals surface area (Å²) in [6, 6.07) is 0. The molecule has 6 heteroatoms. The van der Waals surface area contributed by atoms with Gasteiger partial charge in [0.2, 0.25) is 5.91 Å². The van der Waals surface area contributed by atoms with Crippen LogP contribution in [-0.2, 0) is 11.3 Å². The number of carbonyl (C=O) groups is 1. The van der Waals surface area contributed by atoms with Crippen LogP contribution >= 0.6 is 0 Å². The molecule has 130 valence electrons. The second-order valence-corrected chi connectivity index (χ2v) is 7.45. The first kappa shape index (κ1) is 17.9. The summed E-state index contributed by atoms with van der Waals surface area (Å²) >= 11 is 0. The second kappa shape index (κ2) is 7.45. The van der Waals surface area contributed by atoms with Gasteiger partial charge < -0.3 is 20.1 Å². The molecule has 23 heavy (non-hydrogen) atoms. The van der Waals surface area contributed by atoms with Crippen molar-refractivity contribution in [2.75, 3.05) is 33.7 Å². The van der Waals surface area contributed by atoms with Gasteiger partial charge in [-0.1, -0.05) is 0 Å². The molecule has 0 aromatic carbocycles. The van der Waals surface area contributed by atoms with Crippen LogP contribution in [0, 0.1) is 0 Å². The molecule has 1 aliphatic rings. The third-order valence-electron chi connectivity index (χ3n) is 4.38. The topological polar surface area (TPSA) is 67.4 Å². The normalized spacial score (nSPS) is 19.4. The van der Waals surface area contributed by atoms with Crippen molar-refractivity contribution in [2.24, 2.45) is 5.73 Å². The van der Waals surface area contributed by atoms with Gasteiger partial charge in [0, 0.05) is 37.9 Å². The number of likely N-dealkylation sites (tertiary alicyclic amines) is 1. The van der Waals surface area contributed by atoms with Crippen LogP contribution in [0.25, 0.3) is 0 Å². The lowest BCUT2D eigenvalue weighted by Crippen LogP contribution is -2.53. The summed E-state index contributed by atoms with van der Waals surface area (Å²) in [4.78, 5) is 21.1. The maximum absolute atomic E-state index is 12.4. The van der Waals surface area contributed by atoms with Crippen molar-refractivity contribution in [2.45, 2.75) is 51.1 Å². The molecule has 0 bridgehead atoms. The molecule has 2 N–H and O–H groups in total. The van der Waals surface area contributed by atoms with Crippen molar-refractivity contribution in [3.05, 3.63) is 18.2 Å². The van der Waals surface area contributed by atoms with Crippen LogP contribution in [0.1, 0.15) is 44.9 Å². The highest BCUT2D eigenvalue weighted by molar-refractivity contribution is 5.85. The Balaban J connectivity index is 2.02. The highest BCUT2D eigenvalue weighted by Gasteiger charge is 2.33. The molecular weight excluding hydrogens is 290 g/mol. The van der Waals surface area contributed by atoms with Crippen molar-refractivity contribution in [1.82, 2.24) is 19.4 Å². The number of nitrogens with zero attached hydrogens (tertiary/aromatic N) is 4. The monoisotopic (exact) mass is 321 g/mol. The smallest absolute Gasteiger partial charge is 0.242 e. The number of carbonyl (C=O) groups excluding carboxylic acids is 1. The zero-order valence-electron chi connectivity index (χ0n) is 15.0. The van der Waals surface area contributed by atoms with E-state index in [2.05, 4.69) is 34.7 Å². The molecule has 2 heterocycles. The Bertz CT molecular complexity index is 517. The molecule has 0 aliphatic carbocycles. The van der Waals surface area contributed by atoms with E-state index in [4.69, 9.17) is 5.73 Å². The van der Waals surface area contributed by atoms with Crippen LogP contribution in [-0.4, -0.2) is 64.5 Å². The lowest BCUT2D eigenvalue weighted by Gasteiger charge is -2.36. The second-order valence-electron chi connectivity index (χ2n) is 7.45. The maximum atomic E-state index is 12.4. The summed E-state index contributed by atoms with van der Waals surface area (Å²) in [5, 5.41) is 0. The van der Waals surface area contributed by atoms with Crippen LogP contribution in [0.3, 0.4) is 0 Å². The number of nitrogens with two attached hydrogens (primary N) is 1. The fourth-order valence-corrected chi connectivity index (χ4v) is 3.21. The summed E-state index contributed by atoms with van der Waals surface area (Å²) in [5.74, 6) is 1.45. The maximum Gasteiger partial charge on any atom is 0.242 e. The molecule has 1 aromatic rings. The Morgan fingerprint density at radius 3 is 2.87 bits per heavy atom. The van der Waals surface area contributed by atoms with Gasteiger partial charge in [-0.05, 0) is 53.8 Å². The van der Waals surface area contributed by atoms with Crippen LogP contribution < -0.4 is 5.73 Å². The van der Waals surface area contributed by atoms with Gasteiger partial charge in [-0.3, -0.25) is 4.79 Å². The molecule has 1 atom stereocenters. The number of rotatable bonds is 6. The molecular formula is C17H31N5O. The molecule has 0 unspecified atom stereocenters. The number of hydrogen-bond donors (Lipinski definition) is 1. The Labute approximate surface area is 139 Å². The molecule has 1 aliphatic heterocycles. The molecule has 2 rings (SSSR count). The van der Waals surface area contributed by atoms with E-state index in [-0.39, 0.29) is 5.91 Å². The highest BCUT2D eigenvalue weighted by atomic mass is 16.2. The van der Waals surface area contributed by atoms with Crippen molar-refractivity contribution >= 4 is 5.91 Å². The molecule has 1 saturated heterocycles. The first-order valence-electron chi connectivity index (χ1n) is 8.53. The molecule has 1 fully saturated rings. The van der Waals surface area contributed by atoms with Gasteiger partial charge in [-0.25, -0.2) is 4.98 Å². The number of aryl methyl sites for hydroxylation is 1. The number of hydrogen-bond acceptors (Lipinski definition) is 4. The quantitative estimate of drug-likeness (QED) is 0.857. The first-order chi connectivity index (χ1) is 10.8. The number of imidazole rings is 1. The molecule has 0 spiro atoms. The number of piperidine rings is 1. The lowest BCUT2D eigenvalue weighted by atomic mass is 9.94. The van der Waals surface area contributed by atoms with E-state index >= 15 is 0 Å². The Kier molecular flexibility index (Phi) is 5.81. The predicted molar refractivity (Wildman–Crippen MR) is 92.2 cm³/mol. The minimum atomic E-state index is -0.803. The minimum Gasteiger partial charge on any atom is -0.340 e. The number of aromatic nitrogens is 2. The van der Waals surface area contributed by atoms with Crippen LogP contribution in [0.5, 0.6) is 0 Å². The van der Waals surface area contributed by atoms with Gasteiger partial charge in [0.05, 0.1) is 5.54 Å². The first-order valence-corrected chi connectivity index (χ1v) is 8.53. The lowest BCUT2D eigenvalue weighted by molar-refractivity contribution is -0.137. The third-order valence-corrected chi connectivity index (χ3v) is 4.38. The molecule has 1 amide bonds. The Morgan fingerprint density at radius 2 is 2.22 bits per heavy atom. The highest BCUT2D eigenvalue weighted by Crippen LogP contribution is 2.27. The molecule has 0 saturated carbocycles. The average molecular weight is 321 g/mol. The predicted octanol–water partition coefficient (Wildman–Crippen LogP) is 1.28. The summed E-state index contributed by atoms with van der Waals surface area (Å²) in [7, 11) is 4.18. The Morgan fingerprint density at radius 1 is 1.48 bits per heavy atom. The summed E-state index contributed by atoms with van der Waals surface area (Å²) in [5.41, 5.74) is 5.18. The standard InChI is InChI=1S/C17H31N5O/c1-17(2,18)16(23)22-10-5-7-14(13-22)15-19-8-12-21(15)11-6-9-20(3)4/h8,12,14H,5-7,9-11,13,18H2,1-4H3/t14-/m1/s1. The van der Waals surface area contributed by atoms with Crippen LogP contribution in [0.15, 0.2) is 12.4 Å². The van der Waals surface area contributed by atoms with E-state index in [1.807, 2.05) is 11.1 Å². The van der Waals surface area contributed by atoms with Crippen molar-refractivity contribution in [3.63, 3.8) is 0 Å². The van der Waals surface area contributed by atoms with E-state index in [9.17, 15) is 4.79 Å². The largest absolute Gasteiger partial charge is 0.340 e. The minimum absolute atomic E-state index is 0.0351. The van der Waals surface area contributed by atoms with Crippen molar-refractivity contribution in [1.29, 1.82) is 0 Å². The molecule has 1 aromatic heterocycles. The van der Waals surface area contributed by atoms with Gasteiger partial charge >= 0.3 is 0 Å². The fraction of sp³-hybridized carbons (Fsp3) is 0.765. The fourth-order valence-electron chi connectivity index (χ4n) is 3.21. The van der Waals surface area contributed by atoms with Gasteiger partial charge in [-0.15, -0.1) is 0 Å². The van der Waals surface area contributed by atoms with Gasteiger partial charge in [0.1, 0.15) is 5.82 Å². The van der Waals surface area contributed by atoms with E-state index in [1.165, 1.54) is 0 Å². The number of amides is 1. The molecule has 6 nitrogen and oxygen atoms in total. The van der Waals surface area contributed by atoms with Crippen molar-refractivity contribution in [3.8, 4) is 0 Å². The zero-order valence-corrected chi connectivity index (χ0v) is 15.0. The summed E-state index contributed by atoms with van der Waals surface area (Å²) in [6.07, 6.45) is 7.12. The third kappa shape index (κ3) is 4.78. The molecule has 0 radical (unpaired) electrons. The van der Waals surface area contributed by atoms with E-state index < -0.39 is 5.54 Å². The average Bonchev–Trinajstić information content (AvgIpc) is 2.94. The van der Waals surface area contributed by atoms with E-state index in [0.717, 1.165) is 51.3 Å². The van der Waals surface area contributed by atoms with Gasteiger partial charge in [0.15, 0.2) is 0 Å². The van der Waals surface area contributed by atoms with E-state index in [1.54, 1.807) is 13.8 Å².